The van der Waals surface area contributed by atoms with E-state index in [0.717, 1.165) is 28.9 Å². The summed E-state index contributed by atoms with van der Waals surface area (Å²) in [5, 5.41) is 11.2. The quantitative estimate of drug-likeness (QED) is 0.418. The zero-order valence-corrected chi connectivity index (χ0v) is 18.9. The Balaban J connectivity index is 1.81. The molecule has 2 heterocycles. The van der Waals surface area contributed by atoms with E-state index in [-0.39, 0.29) is 24.0 Å². The molecular formula is C26H29NO5. The van der Waals surface area contributed by atoms with Crippen LogP contribution in [0.4, 0.5) is 0 Å². The third kappa shape index (κ3) is 3.91. The smallest absolute Gasteiger partial charge is 0.295 e. The number of ether oxygens (including phenoxy) is 2. The number of hydrogen-bond donors (Lipinski definition) is 1. The topological polar surface area (TPSA) is 76.1 Å². The molecule has 6 heteroatoms. The van der Waals surface area contributed by atoms with Crippen molar-refractivity contribution in [2.24, 2.45) is 0 Å². The highest BCUT2D eigenvalue weighted by Crippen LogP contribution is 2.40. The van der Waals surface area contributed by atoms with Crippen molar-refractivity contribution < 1.29 is 24.2 Å². The average Bonchev–Trinajstić information content (AvgIpc) is 3.27. The molecule has 0 aromatic heterocycles. The number of aliphatic hydroxyl groups excluding tert-OH is 1. The molecule has 32 heavy (non-hydrogen) atoms. The van der Waals surface area contributed by atoms with Crippen LogP contribution in [0.15, 0.2) is 48.0 Å². The van der Waals surface area contributed by atoms with E-state index in [0.29, 0.717) is 18.1 Å². The molecule has 168 valence electrons. The Morgan fingerprint density at radius 2 is 1.91 bits per heavy atom. The number of carbonyl (C=O) groups is 2. The first-order chi connectivity index (χ1) is 15.3. The van der Waals surface area contributed by atoms with Gasteiger partial charge in [0.2, 0.25) is 0 Å². The maximum Gasteiger partial charge on any atom is 0.295 e. The highest BCUT2D eigenvalue weighted by Gasteiger charge is 2.46. The zero-order chi connectivity index (χ0) is 23.0. The summed E-state index contributed by atoms with van der Waals surface area (Å²) < 4.78 is 10.9. The van der Waals surface area contributed by atoms with Gasteiger partial charge in [-0.05, 0) is 47.7 Å². The molecular weight excluding hydrogens is 406 g/mol. The van der Waals surface area contributed by atoms with Crippen molar-refractivity contribution in [3.05, 3.63) is 70.3 Å². The first-order valence-corrected chi connectivity index (χ1v) is 11.0. The Morgan fingerprint density at radius 3 is 2.56 bits per heavy atom. The van der Waals surface area contributed by atoms with E-state index in [1.165, 1.54) is 4.90 Å². The van der Waals surface area contributed by atoms with E-state index in [1.54, 1.807) is 19.2 Å². The number of hydrogen-bond acceptors (Lipinski definition) is 5. The first-order valence-electron chi connectivity index (χ1n) is 11.0. The fourth-order valence-corrected chi connectivity index (χ4v) is 4.43. The van der Waals surface area contributed by atoms with E-state index >= 15 is 0 Å². The van der Waals surface area contributed by atoms with Gasteiger partial charge in [0.1, 0.15) is 17.6 Å². The molecule has 1 amide bonds. The minimum Gasteiger partial charge on any atom is -0.507 e. The second-order valence-corrected chi connectivity index (χ2v) is 8.76. The van der Waals surface area contributed by atoms with Crippen LogP contribution in [0.1, 0.15) is 55.0 Å². The molecule has 0 aliphatic carbocycles. The molecule has 1 N–H and O–H groups in total. The summed E-state index contributed by atoms with van der Waals surface area (Å²) in [4.78, 5) is 27.5. The Labute approximate surface area is 188 Å². The number of carbonyl (C=O) groups excluding carboxylic acids is 2. The van der Waals surface area contributed by atoms with Crippen molar-refractivity contribution in [2.45, 2.75) is 45.3 Å². The summed E-state index contributed by atoms with van der Waals surface area (Å²) in [6.07, 6.45) is 0.806. The van der Waals surface area contributed by atoms with Gasteiger partial charge >= 0.3 is 0 Å². The van der Waals surface area contributed by atoms with Gasteiger partial charge in [0.15, 0.2) is 0 Å². The van der Waals surface area contributed by atoms with Crippen molar-refractivity contribution in [1.29, 1.82) is 0 Å². The van der Waals surface area contributed by atoms with Gasteiger partial charge in [-0.3, -0.25) is 9.59 Å². The van der Waals surface area contributed by atoms with Crippen LogP contribution in [0, 0.1) is 0 Å². The summed E-state index contributed by atoms with van der Waals surface area (Å²) in [5.41, 5.74) is 3.54. The van der Waals surface area contributed by atoms with Crippen molar-refractivity contribution in [2.75, 3.05) is 20.3 Å². The van der Waals surface area contributed by atoms with Gasteiger partial charge in [-0.2, -0.15) is 0 Å². The highest BCUT2D eigenvalue weighted by atomic mass is 16.5. The maximum absolute atomic E-state index is 13.1. The fraction of sp³-hybridized carbons (Fsp3) is 0.385. The monoisotopic (exact) mass is 435 g/mol. The normalized spacial score (nSPS) is 21.8. The zero-order valence-electron chi connectivity index (χ0n) is 18.9. The molecule has 1 saturated heterocycles. The van der Waals surface area contributed by atoms with Gasteiger partial charge in [0.05, 0.1) is 18.2 Å². The van der Waals surface area contributed by atoms with Gasteiger partial charge < -0.3 is 19.5 Å². The van der Waals surface area contributed by atoms with E-state index < -0.39 is 17.7 Å². The summed E-state index contributed by atoms with van der Waals surface area (Å²) in [6.45, 7) is 6.75. The van der Waals surface area contributed by atoms with Crippen LogP contribution in [-0.2, 0) is 20.7 Å². The number of ketones is 1. The van der Waals surface area contributed by atoms with Crippen molar-refractivity contribution in [3.63, 3.8) is 0 Å². The van der Waals surface area contributed by atoms with Crippen LogP contribution in [0.2, 0.25) is 0 Å². The molecule has 0 radical (unpaired) electrons. The first kappa shape index (κ1) is 22.1. The minimum atomic E-state index is -0.679. The van der Waals surface area contributed by atoms with Crippen LogP contribution >= 0.6 is 0 Å². The fourth-order valence-electron chi connectivity index (χ4n) is 4.43. The molecule has 0 saturated carbocycles. The number of Topliss-reactive ketones (excluding diaryl/α,β-unsaturated/α-hetero) is 1. The molecule has 0 bridgehead atoms. The van der Waals surface area contributed by atoms with Crippen molar-refractivity contribution in [1.82, 2.24) is 4.90 Å². The molecule has 4 rings (SSSR count). The maximum atomic E-state index is 13.1. The van der Waals surface area contributed by atoms with Gasteiger partial charge in [-0.25, -0.2) is 0 Å². The second kappa shape index (κ2) is 8.79. The number of rotatable bonds is 6. The van der Waals surface area contributed by atoms with Crippen LogP contribution in [0.3, 0.4) is 0 Å². The Kier molecular flexibility index (Phi) is 6.07. The number of aliphatic hydroxyl groups is 1. The van der Waals surface area contributed by atoms with E-state index in [1.807, 2.05) is 37.3 Å². The number of fused-ring (bicyclic) bond motifs is 1. The highest BCUT2D eigenvalue weighted by molar-refractivity contribution is 6.46. The van der Waals surface area contributed by atoms with Gasteiger partial charge in [-0.15, -0.1) is 0 Å². The molecule has 2 aromatic rings. The van der Waals surface area contributed by atoms with E-state index in [9.17, 15) is 14.7 Å². The Hall–Kier alpha value is -3.12. The molecule has 0 unspecified atom stereocenters. The lowest BCUT2D eigenvalue weighted by molar-refractivity contribution is -0.140. The number of nitrogens with zero attached hydrogens (tertiary/aromatic N) is 1. The lowest BCUT2D eigenvalue weighted by Gasteiger charge is -2.25. The number of benzene rings is 2. The van der Waals surface area contributed by atoms with Crippen molar-refractivity contribution in [3.8, 4) is 5.75 Å². The summed E-state index contributed by atoms with van der Waals surface area (Å²) in [5.74, 6) is -0.319. The number of amides is 1. The molecule has 2 aromatic carbocycles. The molecule has 2 aliphatic rings. The molecule has 1 fully saturated rings. The predicted octanol–water partition coefficient (Wildman–Crippen LogP) is 4.20. The minimum absolute atomic E-state index is 0.0708. The van der Waals surface area contributed by atoms with E-state index in [4.69, 9.17) is 9.47 Å². The summed E-state index contributed by atoms with van der Waals surface area (Å²) >= 11 is 0. The SMILES string of the molecule is COCCN1C(=O)C(=O)C(=C(O)c2ccc3c(c2)C[C@@H](C)O3)[C@H]1c1ccc(C(C)C)cc1. The van der Waals surface area contributed by atoms with E-state index in [2.05, 4.69) is 13.8 Å². The third-order valence-electron chi connectivity index (χ3n) is 6.16. The van der Waals surface area contributed by atoms with Crippen LogP contribution in [0.25, 0.3) is 5.76 Å². The standard InChI is InChI=1S/C26H29NO5/c1-15(2)17-5-7-18(8-6-17)23-22(25(29)26(30)27(23)11-12-31-4)24(28)19-9-10-21-20(14-19)13-16(3)32-21/h5-10,14-16,23,28H,11-13H2,1-4H3/t16-,23-/m1/s1. The third-order valence-corrected chi connectivity index (χ3v) is 6.16. The number of methoxy groups -OCH3 is 1. The Bertz CT molecular complexity index is 1070. The molecule has 6 nitrogen and oxygen atoms in total. The molecule has 2 atom stereocenters. The number of likely N-dealkylation sites (tertiary alicyclic amines) is 1. The van der Waals surface area contributed by atoms with Crippen LogP contribution in [0.5, 0.6) is 5.75 Å². The predicted molar refractivity (Wildman–Crippen MR) is 122 cm³/mol. The second-order valence-electron chi connectivity index (χ2n) is 8.76. The van der Waals surface area contributed by atoms with Gasteiger partial charge in [0.25, 0.3) is 11.7 Å². The summed E-state index contributed by atoms with van der Waals surface area (Å²) in [6, 6.07) is 12.6. The van der Waals surface area contributed by atoms with Crippen LogP contribution in [-0.4, -0.2) is 48.1 Å². The van der Waals surface area contributed by atoms with Gasteiger partial charge in [-0.1, -0.05) is 38.1 Å². The van der Waals surface area contributed by atoms with Crippen LogP contribution < -0.4 is 4.74 Å². The molecule has 2 aliphatic heterocycles. The largest absolute Gasteiger partial charge is 0.507 e. The summed E-state index contributed by atoms with van der Waals surface area (Å²) in [7, 11) is 1.55. The average molecular weight is 436 g/mol. The van der Waals surface area contributed by atoms with Crippen molar-refractivity contribution >= 4 is 17.4 Å². The lowest BCUT2D eigenvalue weighted by atomic mass is 9.92. The molecule has 0 spiro atoms. The lowest BCUT2D eigenvalue weighted by Crippen LogP contribution is -2.32. The van der Waals surface area contributed by atoms with Gasteiger partial charge in [0, 0.05) is 25.6 Å². The Morgan fingerprint density at radius 1 is 1.19 bits per heavy atom.